The van der Waals surface area contributed by atoms with Crippen LogP contribution in [0.4, 0.5) is 5.69 Å². The molecule has 0 spiro atoms. The molecular weight excluding hydrogens is 446 g/mol. The first-order chi connectivity index (χ1) is 16.9. The van der Waals surface area contributed by atoms with Gasteiger partial charge >= 0.3 is 0 Å². The van der Waals surface area contributed by atoms with Crippen molar-refractivity contribution < 1.29 is 29.3 Å². The van der Waals surface area contributed by atoms with Crippen LogP contribution in [0, 0.1) is 0 Å². The molecule has 0 fully saturated rings. The minimum absolute atomic E-state index is 0.0659. The van der Waals surface area contributed by atoms with Gasteiger partial charge < -0.3 is 19.7 Å². The minimum Gasteiger partial charge on any atom is -0.504 e. The Hall–Kier alpha value is -4.52. The molecule has 2 N–H and O–H groups in total. The second kappa shape index (κ2) is 10.2. The highest BCUT2D eigenvalue weighted by atomic mass is 16.5. The molecule has 1 aliphatic heterocycles. The maximum absolute atomic E-state index is 13.3. The van der Waals surface area contributed by atoms with Crippen LogP contribution in [0.15, 0.2) is 90.2 Å². The number of aliphatic hydroxyl groups is 1. The Balaban J connectivity index is 1.79. The highest BCUT2D eigenvalue weighted by molar-refractivity contribution is 6.19. The molecule has 35 heavy (non-hydrogen) atoms. The number of ether oxygens (including phenoxy) is 2. The second-order valence-electron chi connectivity index (χ2n) is 7.81. The van der Waals surface area contributed by atoms with Crippen molar-refractivity contribution >= 4 is 23.5 Å². The zero-order valence-corrected chi connectivity index (χ0v) is 19.3. The molecule has 4 rings (SSSR count). The molecular formula is C28H25NO6. The third kappa shape index (κ3) is 4.75. The zero-order chi connectivity index (χ0) is 24.9. The van der Waals surface area contributed by atoms with Gasteiger partial charge in [0.05, 0.1) is 25.3 Å². The van der Waals surface area contributed by atoms with Gasteiger partial charge in [0.1, 0.15) is 5.75 Å². The number of amides is 1. The molecule has 1 atom stereocenters. The van der Waals surface area contributed by atoms with Crippen LogP contribution in [0.3, 0.4) is 0 Å². The van der Waals surface area contributed by atoms with Gasteiger partial charge in [0, 0.05) is 5.69 Å². The molecule has 0 aromatic heterocycles. The first kappa shape index (κ1) is 23.6. The van der Waals surface area contributed by atoms with Crippen molar-refractivity contribution in [2.75, 3.05) is 18.6 Å². The number of allylic oxidation sites excluding steroid dienone is 1. The van der Waals surface area contributed by atoms with E-state index in [2.05, 4.69) is 0 Å². The molecule has 0 saturated carbocycles. The highest BCUT2D eigenvalue weighted by Gasteiger charge is 2.44. The van der Waals surface area contributed by atoms with E-state index in [9.17, 15) is 19.8 Å². The summed E-state index contributed by atoms with van der Waals surface area (Å²) in [5.41, 5.74) is 1.69. The quantitative estimate of drug-likeness (QED) is 0.450. The van der Waals surface area contributed by atoms with Gasteiger partial charge in [-0.1, -0.05) is 42.5 Å². The monoisotopic (exact) mass is 471 g/mol. The second-order valence-corrected chi connectivity index (χ2v) is 7.81. The summed E-state index contributed by atoms with van der Waals surface area (Å²) in [6.07, 6.45) is 2.96. The number of aliphatic hydroxyl groups excluding tert-OH is 1. The van der Waals surface area contributed by atoms with E-state index < -0.39 is 23.5 Å². The molecule has 0 saturated heterocycles. The van der Waals surface area contributed by atoms with E-state index in [4.69, 9.17) is 9.47 Å². The number of rotatable bonds is 8. The molecule has 178 valence electrons. The van der Waals surface area contributed by atoms with Gasteiger partial charge in [0.15, 0.2) is 23.0 Å². The lowest BCUT2D eigenvalue weighted by atomic mass is 9.95. The number of aromatic hydroxyl groups is 1. The lowest BCUT2D eigenvalue weighted by Crippen LogP contribution is -2.30. The number of phenolic OH excluding ortho intramolecular Hbond substituents is 1. The van der Waals surface area contributed by atoms with E-state index in [1.165, 1.54) is 24.2 Å². The standard InChI is InChI=1S/C28H25NO6/c1-3-35-21-13-11-20(12-14-21)29-26(19-10-16-22(30)24(17-19)34-2)25(27(32)28(29)33)23(31)15-9-18-7-5-4-6-8-18/h4-17,26,30,32H,3H2,1-2H3/b15-9+/t26-/m0/s1. The van der Waals surface area contributed by atoms with Gasteiger partial charge in [-0.25, -0.2) is 0 Å². The molecule has 7 nitrogen and oxygen atoms in total. The van der Waals surface area contributed by atoms with Gasteiger partial charge in [-0.3, -0.25) is 14.5 Å². The van der Waals surface area contributed by atoms with E-state index in [1.54, 1.807) is 42.5 Å². The molecule has 3 aromatic rings. The molecule has 0 aliphatic carbocycles. The summed E-state index contributed by atoms with van der Waals surface area (Å²) in [6, 6.07) is 19.7. The Labute approximate surface area is 203 Å². The maximum Gasteiger partial charge on any atom is 0.294 e. The first-order valence-corrected chi connectivity index (χ1v) is 11.1. The molecule has 3 aromatic carbocycles. The predicted molar refractivity (Wildman–Crippen MR) is 133 cm³/mol. The average molecular weight is 472 g/mol. The van der Waals surface area contributed by atoms with E-state index in [1.807, 2.05) is 37.3 Å². The van der Waals surface area contributed by atoms with E-state index in [0.717, 1.165) is 5.56 Å². The zero-order valence-electron chi connectivity index (χ0n) is 19.3. The summed E-state index contributed by atoms with van der Waals surface area (Å²) in [5, 5.41) is 20.9. The van der Waals surface area contributed by atoms with Crippen LogP contribution in [0.25, 0.3) is 6.08 Å². The van der Waals surface area contributed by atoms with Crippen molar-refractivity contribution in [3.63, 3.8) is 0 Å². The summed E-state index contributed by atoms with van der Waals surface area (Å²) >= 11 is 0. The summed E-state index contributed by atoms with van der Waals surface area (Å²) in [6.45, 7) is 2.36. The molecule has 1 heterocycles. The van der Waals surface area contributed by atoms with Crippen LogP contribution in [-0.4, -0.2) is 35.6 Å². The number of carbonyl (C=O) groups excluding carboxylic acids is 2. The molecule has 1 amide bonds. The normalized spacial score (nSPS) is 15.7. The van der Waals surface area contributed by atoms with Crippen LogP contribution in [-0.2, 0) is 9.59 Å². The minimum atomic E-state index is -0.942. The molecule has 0 bridgehead atoms. The molecule has 1 aliphatic rings. The van der Waals surface area contributed by atoms with Crippen molar-refractivity contribution in [3.8, 4) is 17.2 Å². The molecule has 7 heteroatoms. The van der Waals surface area contributed by atoms with Gasteiger partial charge in [-0.2, -0.15) is 0 Å². The fourth-order valence-corrected chi connectivity index (χ4v) is 4.00. The largest absolute Gasteiger partial charge is 0.504 e. The highest BCUT2D eigenvalue weighted by Crippen LogP contribution is 2.43. The Bertz CT molecular complexity index is 1290. The van der Waals surface area contributed by atoms with Crippen molar-refractivity contribution in [2.45, 2.75) is 13.0 Å². The number of phenols is 1. The number of hydrogen-bond acceptors (Lipinski definition) is 6. The van der Waals surface area contributed by atoms with E-state index in [0.29, 0.717) is 23.6 Å². The van der Waals surface area contributed by atoms with E-state index >= 15 is 0 Å². The number of methoxy groups -OCH3 is 1. The molecule has 0 unspecified atom stereocenters. The Morgan fingerprint density at radius 3 is 2.40 bits per heavy atom. The predicted octanol–water partition coefficient (Wildman–Crippen LogP) is 4.98. The first-order valence-electron chi connectivity index (χ1n) is 11.1. The fraction of sp³-hybridized carbons (Fsp3) is 0.143. The van der Waals surface area contributed by atoms with Gasteiger partial charge in [-0.15, -0.1) is 0 Å². The third-order valence-electron chi connectivity index (χ3n) is 5.65. The van der Waals surface area contributed by atoms with Crippen LogP contribution < -0.4 is 14.4 Å². The average Bonchev–Trinajstić information content (AvgIpc) is 3.14. The topological polar surface area (TPSA) is 96.3 Å². The van der Waals surface area contributed by atoms with Gasteiger partial charge in [-0.05, 0) is 60.5 Å². The Morgan fingerprint density at radius 2 is 1.74 bits per heavy atom. The lowest BCUT2D eigenvalue weighted by molar-refractivity contribution is -0.117. The fourth-order valence-electron chi connectivity index (χ4n) is 4.00. The number of anilines is 1. The van der Waals surface area contributed by atoms with Gasteiger partial charge in [0.2, 0.25) is 0 Å². The molecule has 0 radical (unpaired) electrons. The Kier molecular flexibility index (Phi) is 6.87. The Morgan fingerprint density at radius 1 is 1.03 bits per heavy atom. The van der Waals surface area contributed by atoms with Crippen molar-refractivity contribution in [2.24, 2.45) is 0 Å². The van der Waals surface area contributed by atoms with E-state index in [-0.39, 0.29) is 17.1 Å². The van der Waals surface area contributed by atoms with Crippen molar-refractivity contribution in [3.05, 3.63) is 101 Å². The summed E-state index contributed by atoms with van der Waals surface area (Å²) in [7, 11) is 1.41. The number of carbonyl (C=O) groups is 2. The van der Waals surface area contributed by atoms with Gasteiger partial charge in [0.25, 0.3) is 5.91 Å². The lowest BCUT2D eigenvalue weighted by Gasteiger charge is -2.27. The SMILES string of the molecule is CCOc1ccc(N2C(=O)C(O)=C(C(=O)/C=C/c3ccccc3)[C@@H]2c2ccc(O)c(OC)c2)cc1. The number of benzene rings is 3. The van der Waals surface area contributed by atoms with Crippen LogP contribution >= 0.6 is 0 Å². The van der Waals surface area contributed by atoms with Crippen LogP contribution in [0.1, 0.15) is 24.1 Å². The van der Waals surface area contributed by atoms with Crippen LogP contribution in [0.5, 0.6) is 17.2 Å². The summed E-state index contributed by atoms with van der Waals surface area (Å²) in [4.78, 5) is 27.9. The maximum atomic E-state index is 13.3. The third-order valence-corrected chi connectivity index (χ3v) is 5.65. The smallest absolute Gasteiger partial charge is 0.294 e. The van der Waals surface area contributed by atoms with Crippen molar-refractivity contribution in [1.82, 2.24) is 0 Å². The number of nitrogens with zero attached hydrogens (tertiary/aromatic N) is 1. The van der Waals surface area contributed by atoms with Crippen LogP contribution in [0.2, 0.25) is 0 Å². The summed E-state index contributed by atoms with van der Waals surface area (Å²) in [5.74, 6) is -1.12. The summed E-state index contributed by atoms with van der Waals surface area (Å²) < 4.78 is 10.7. The number of hydrogen-bond donors (Lipinski definition) is 2. The number of ketones is 1. The van der Waals surface area contributed by atoms with Crippen molar-refractivity contribution in [1.29, 1.82) is 0 Å².